The van der Waals surface area contributed by atoms with Gasteiger partial charge in [0.15, 0.2) is 0 Å². The predicted octanol–water partition coefficient (Wildman–Crippen LogP) is 3.12. The zero-order valence-electron chi connectivity index (χ0n) is 11.9. The lowest BCUT2D eigenvalue weighted by atomic mass is 10.0. The number of hydrogen-bond donors (Lipinski definition) is 1. The Labute approximate surface area is 111 Å². The molecule has 1 atom stereocenters. The van der Waals surface area contributed by atoms with Crippen LogP contribution in [0.5, 0.6) is 0 Å². The maximum atomic E-state index is 5.86. The van der Waals surface area contributed by atoms with Gasteiger partial charge in [0.2, 0.25) is 0 Å². The Bertz CT molecular complexity index is 394. The van der Waals surface area contributed by atoms with E-state index in [0.29, 0.717) is 0 Å². The molecule has 1 aliphatic rings. The summed E-state index contributed by atoms with van der Waals surface area (Å²) in [5.74, 6) is 0.938. The molecular formula is C16H26N2. The summed E-state index contributed by atoms with van der Waals surface area (Å²) in [6.45, 7) is 8.86. The largest absolute Gasteiger partial charge is 0.371 e. The molecule has 100 valence electrons. The van der Waals surface area contributed by atoms with Crippen LogP contribution in [-0.2, 0) is 6.42 Å². The second kappa shape index (κ2) is 5.75. The van der Waals surface area contributed by atoms with E-state index in [1.165, 1.54) is 36.2 Å². The number of nitrogens with two attached hydrogens (primary N) is 1. The zero-order valence-corrected chi connectivity index (χ0v) is 11.9. The molecule has 1 aliphatic carbocycles. The van der Waals surface area contributed by atoms with Crippen molar-refractivity contribution in [2.24, 2.45) is 11.7 Å². The maximum absolute atomic E-state index is 5.86. The van der Waals surface area contributed by atoms with E-state index in [1.807, 2.05) is 0 Å². The second-order valence-corrected chi connectivity index (χ2v) is 5.78. The van der Waals surface area contributed by atoms with Crippen LogP contribution in [0.25, 0.3) is 0 Å². The molecule has 0 saturated heterocycles. The average Bonchev–Trinajstić information content (AvgIpc) is 3.10. The van der Waals surface area contributed by atoms with E-state index in [9.17, 15) is 0 Å². The Morgan fingerprint density at radius 1 is 1.39 bits per heavy atom. The summed E-state index contributed by atoms with van der Waals surface area (Å²) in [6.07, 6.45) is 3.80. The Hall–Kier alpha value is -1.02. The molecule has 18 heavy (non-hydrogen) atoms. The summed E-state index contributed by atoms with van der Waals surface area (Å²) in [7, 11) is 0. The van der Waals surface area contributed by atoms with Gasteiger partial charge in [-0.1, -0.05) is 12.1 Å². The van der Waals surface area contributed by atoms with Crippen LogP contribution < -0.4 is 10.6 Å². The Morgan fingerprint density at radius 3 is 2.61 bits per heavy atom. The van der Waals surface area contributed by atoms with Crippen molar-refractivity contribution >= 4 is 5.69 Å². The first-order valence-corrected chi connectivity index (χ1v) is 7.20. The highest BCUT2D eigenvalue weighted by molar-refractivity contribution is 5.54. The molecule has 2 N–H and O–H groups in total. The van der Waals surface area contributed by atoms with Crippen LogP contribution in [0.1, 0.15) is 37.8 Å². The van der Waals surface area contributed by atoms with Gasteiger partial charge in [-0.05, 0) is 63.1 Å². The van der Waals surface area contributed by atoms with Gasteiger partial charge in [0.05, 0.1) is 0 Å². The van der Waals surface area contributed by atoms with Crippen molar-refractivity contribution in [2.75, 3.05) is 18.0 Å². The number of nitrogens with zero attached hydrogens (tertiary/aromatic N) is 1. The van der Waals surface area contributed by atoms with Crippen LogP contribution in [0, 0.1) is 12.8 Å². The van der Waals surface area contributed by atoms with Gasteiger partial charge in [0.1, 0.15) is 0 Å². The molecule has 0 radical (unpaired) electrons. The van der Waals surface area contributed by atoms with Crippen LogP contribution in [0.3, 0.4) is 0 Å². The third-order valence-corrected chi connectivity index (χ3v) is 3.72. The SMILES string of the molecule is CCN(CC1CC1)c1ccc(CC(C)N)cc1C. The molecule has 2 nitrogen and oxygen atoms in total. The van der Waals surface area contributed by atoms with E-state index >= 15 is 0 Å². The summed E-state index contributed by atoms with van der Waals surface area (Å²) >= 11 is 0. The topological polar surface area (TPSA) is 29.3 Å². The molecule has 2 heteroatoms. The number of rotatable bonds is 6. The zero-order chi connectivity index (χ0) is 13.1. The fourth-order valence-corrected chi connectivity index (χ4v) is 2.58. The molecule has 1 aromatic carbocycles. The smallest absolute Gasteiger partial charge is 0.0396 e. The van der Waals surface area contributed by atoms with E-state index in [1.54, 1.807) is 0 Å². The number of anilines is 1. The van der Waals surface area contributed by atoms with E-state index in [4.69, 9.17) is 5.73 Å². The second-order valence-electron chi connectivity index (χ2n) is 5.78. The molecule has 1 unspecified atom stereocenters. The highest BCUT2D eigenvalue weighted by Gasteiger charge is 2.24. The van der Waals surface area contributed by atoms with Gasteiger partial charge >= 0.3 is 0 Å². The van der Waals surface area contributed by atoms with E-state index < -0.39 is 0 Å². The fourth-order valence-electron chi connectivity index (χ4n) is 2.58. The van der Waals surface area contributed by atoms with Crippen LogP contribution in [0.2, 0.25) is 0 Å². The van der Waals surface area contributed by atoms with Crippen LogP contribution in [-0.4, -0.2) is 19.1 Å². The van der Waals surface area contributed by atoms with E-state index in [-0.39, 0.29) is 6.04 Å². The molecule has 0 aromatic heterocycles. The summed E-state index contributed by atoms with van der Waals surface area (Å²) < 4.78 is 0. The van der Waals surface area contributed by atoms with Crippen LogP contribution >= 0.6 is 0 Å². The first kappa shape index (κ1) is 13.4. The summed E-state index contributed by atoms with van der Waals surface area (Å²) in [5, 5.41) is 0. The number of benzene rings is 1. The summed E-state index contributed by atoms with van der Waals surface area (Å²) in [6, 6.07) is 7.05. The summed E-state index contributed by atoms with van der Waals surface area (Å²) in [4.78, 5) is 2.52. The van der Waals surface area contributed by atoms with Gasteiger partial charge < -0.3 is 10.6 Å². The minimum Gasteiger partial charge on any atom is -0.371 e. The lowest BCUT2D eigenvalue weighted by Gasteiger charge is -2.25. The highest BCUT2D eigenvalue weighted by atomic mass is 15.1. The van der Waals surface area contributed by atoms with Crippen molar-refractivity contribution in [1.29, 1.82) is 0 Å². The molecule has 1 fully saturated rings. The van der Waals surface area contributed by atoms with Crippen LogP contribution in [0.15, 0.2) is 18.2 Å². The first-order valence-electron chi connectivity index (χ1n) is 7.20. The number of hydrogen-bond acceptors (Lipinski definition) is 2. The molecule has 0 aliphatic heterocycles. The summed E-state index contributed by atoms with van der Waals surface area (Å²) in [5.41, 5.74) is 10.0. The lowest BCUT2D eigenvalue weighted by molar-refractivity contribution is 0.731. The molecule has 0 heterocycles. The minimum atomic E-state index is 0.240. The third-order valence-electron chi connectivity index (χ3n) is 3.72. The Morgan fingerprint density at radius 2 is 2.11 bits per heavy atom. The van der Waals surface area contributed by atoms with Gasteiger partial charge in [-0.25, -0.2) is 0 Å². The molecule has 0 amide bonds. The standard InChI is InChI=1S/C16H26N2/c1-4-18(11-14-5-6-14)16-8-7-15(9-12(16)2)10-13(3)17/h7-9,13-14H,4-6,10-11,17H2,1-3H3. The molecular weight excluding hydrogens is 220 g/mol. The molecule has 1 aromatic rings. The molecule has 1 saturated carbocycles. The predicted molar refractivity (Wildman–Crippen MR) is 79.1 cm³/mol. The quantitative estimate of drug-likeness (QED) is 0.835. The van der Waals surface area contributed by atoms with Gasteiger partial charge in [-0.15, -0.1) is 0 Å². The van der Waals surface area contributed by atoms with E-state index in [2.05, 4.69) is 43.9 Å². The van der Waals surface area contributed by atoms with Crippen molar-refractivity contribution < 1.29 is 0 Å². The average molecular weight is 246 g/mol. The number of aryl methyl sites for hydroxylation is 1. The molecule has 0 bridgehead atoms. The first-order chi connectivity index (χ1) is 8.60. The van der Waals surface area contributed by atoms with Gasteiger partial charge in [0.25, 0.3) is 0 Å². The lowest BCUT2D eigenvalue weighted by Crippen LogP contribution is -2.26. The molecule has 2 rings (SSSR count). The van der Waals surface area contributed by atoms with Crippen molar-refractivity contribution in [3.05, 3.63) is 29.3 Å². The maximum Gasteiger partial charge on any atom is 0.0396 e. The van der Waals surface area contributed by atoms with Crippen molar-refractivity contribution in [2.45, 2.75) is 46.1 Å². The normalized spacial score (nSPS) is 16.7. The van der Waals surface area contributed by atoms with Crippen molar-refractivity contribution in [3.63, 3.8) is 0 Å². The van der Waals surface area contributed by atoms with Gasteiger partial charge in [-0.2, -0.15) is 0 Å². The third kappa shape index (κ3) is 3.49. The molecule has 0 spiro atoms. The minimum absolute atomic E-state index is 0.240. The monoisotopic (exact) mass is 246 g/mol. The highest BCUT2D eigenvalue weighted by Crippen LogP contribution is 2.32. The van der Waals surface area contributed by atoms with Gasteiger partial charge in [-0.3, -0.25) is 0 Å². The Kier molecular flexibility index (Phi) is 4.28. The van der Waals surface area contributed by atoms with Crippen molar-refractivity contribution in [1.82, 2.24) is 0 Å². The van der Waals surface area contributed by atoms with Crippen LogP contribution in [0.4, 0.5) is 5.69 Å². The fraction of sp³-hybridized carbons (Fsp3) is 0.625. The van der Waals surface area contributed by atoms with E-state index in [0.717, 1.165) is 18.9 Å². The Balaban J connectivity index is 2.11. The van der Waals surface area contributed by atoms with Gasteiger partial charge in [0, 0.05) is 24.8 Å². The van der Waals surface area contributed by atoms with Crippen molar-refractivity contribution in [3.8, 4) is 0 Å².